The zero-order chi connectivity index (χ0) is 14.0. The first-order valence-electron chi connectivity index (χ1n) is 6.01. The lowest BCUT2D eigenvalue weighted by molar-refractivity contribution is 0.102. The number of hydrogen-bond acceptors (Lipinski definition) is 3. The maximum atomic E-state index is 12.1. The van der Waals surface area contributed by atoms with E-state index >= 15 is 0 Å². The predicted molar refractivity (Wildman–Crippen MR) is 79.1 cm³/mol. The van der Waals surface area contributed by atoms with Gasteiger partial charge in [0.15, 0.2) is 0 Å². The number of nitrogen functional groups attached to an aromatic ring is 2. The Kier molecular flexibility index (Phi) is 3.42. The molecule has 0 radical (unpaired) electrons. The fraction of sp³-hybridized carbons (Fsp3) is 0.133. The van der Waals surface area contributed by atoms with Crippen molar-refractivity contribution in [2.24, 2.45) is 0 Å². The first kappa shape index (κ1) is 13.0. The SMILES string of the molecule is Cc1ccc(C(=O)Nc2ccc(N)c(N)c2)cc1C. The number of anilines is 3. The van der Waals surface area contributed by atoms with Gasteiger partial charge in [0.25, 0.3) is 5.91 Å². The summed E-state index contributed by atoms with van der Waals surface area (Å²) in [5.74, 6) is -0.160. The van der Waals surface area contributed by atoms with E-state index in [0.29, 0.717) is 22.6 Å². The van der Waals surface area contributed by atoms with Gasteiger partial charge >= 0.3 is 0 Å². The molecule has 0 aliphatic carbocycles. The molecular formula is C15H17N3O. The molecule has 4 nitrogen and oxygen atoms in total. The molecule has 0 aliphatic heterocycles. The summed E-state index contributed by atoms with van der Waals surface area (Å²) in [5.41, 5.74) is 15.8. The lowest BCUT2D eigenvalue weighted by Crippen LogP contribution is -2.12. The molecule has 0 aliphatic rings. The third kappa shape index (κ3) is 2.85. The van der Waals surface area contributed by atoms with Gasteiger partial charge in [-0.15, -0.1) is 0 Å². The lowest BCUT2D eigenvalue weighted by atomic mass is 10.1. The van der Waals surface area contributed by atoms with Crippen LogP contribution >= 0.6 is 0 Å². The van der Waals surface area contributed by atoms with E-state index in [1.54, 1.807) is 24.3 Å². The van der Waals surface area contributed by atoms with Crippen LogP contribution in [-0.4, -0.2) is 5.91 Å². The van der Waals surface area contributed by atoms with Crippen LogP contribution in [0.1, 0.15) is 21.5 Å². The van der Waals surface area contributed by atoms with Gasteiger partial charge in [-0.25, -0.2) is 0 Å². The standard InChI is InChI=1S/C15H17N3O/c1-9-3-4-11(7-10(9)2)15(19)18-12-5-6-13(16)14(17)8-12/h3-8H,16-17H2,1-2H3,(H,18,19). The van der Waals surface area contributed by atoms with Crippen LogP contribution in [-0.2, 0) is 0 Å². The quantitative estimate of drug-likeness (QED) is 0.722. The van der Waals surface area contributed by atoms with Crippen LogP contribution in [0.2, 0.25) is 0 Å². The maximum Gasteiger partial charge on any atom is 0.255 e. The minimum atomic E-state index is -0.160. The molecule has 0 atom stereocenters. The van der Waals surface area contributed by atoms with Crippen molar-refractivity contribution in [1.82, 2.24) is 0 Å². The summed E-state index contributed by atoms with van der Waals surface area (Å²) in [7, 11) is 0. The molecule has 0 unspecified atom stereocenters. The van der Waals surface area contributed by atoms with Crippen molar-refractivity contribution in [3.63, 3.8) is 0 Å². The third-order valence-electron chi connectivity index (χ3n) is 3.11. The lowest BCUT2D eigenvalue weighted by Gasteiger charge is -2.08. The minimum Gasteiger partial charge on any atom is -0.397 e. The summed E-state index contributed by atoms with van der Waals surface area (Å²) in [4.78, 5) is 12.1. The highest BCUT2D eigenvalue weighted by Crippen LogP contribution is 2.20. The molecule has 0 aromatic heterocycles. The summed E-state index contributed by atoms with van der Waals surface area (Å²) in [6, 6.07) is 10.6. The molecule has 0 heterocycles. The number of amides is 1. The van der Waals surface area contributed by atoms with Crippen molar-refractivity contribution in [2.75, 3.05) is 16.8 Å². The molecule has 1 amide bonds. The maximum absolute atomic E-state index is 12.1. The molecule has 4 heteroatoms. The molecule has 0 bridgehead atoms. The Morgan fingerprint density at radius 3 is 2.32 bits per heavy atom. The van der Waals surface area contributed by atoms with Crippen LogP contribution in [0.3, 0.4) is 0 Å². The average Bonchev–Trinajstić information content (AvgIpc) is 2.37. The summed E-state index contributed by atoms with van der Waals surface area (Å²) < 4.78 is 0. The molecule has 98 valence electrons. The van der Waals surface area contributed by atoms with Crippen LogP contribution in [0.25, 0.3) is 0 Å². The van der Waals surface area contributed by atoms with E-state index in [0.717, 1.165) is 11.1 Å². The van der Waals surface area contributed by atoms with E-state index < -0.39 is 0 Å². The van der Waals surface area contributed by atoms with Crippen molar-refractivity contribution >= 4 is 23.0 Å². The topological polar surface area (TPSA) is 81.1 Å². The molecule has 19 heavy (non-hydrogen) atoms. The molecule has 5 N–H and O–H groups in total. The summed E-state index contributed by atoms with van der Waals surface area (Å²) in [6.45, 7) is 3.99. The largest absolute Gasteiger partial charge is 0.397 e. The van der Waals surface area contributed by atoms with Crippen LogP contribution in [0.15, 0.2) is 36.4 Å². The number of nitrogens with two attached hydrogens (primary N) is 2. The van der Waals surface area contributed by atoms with Crippen molar-refractivity contribution in [3.8, 4) is 0 Å². The second-order valence-electron chi connectivity index (χ2n) is 4.60. The highest BCUT2D eigenvalue weighted by molar-refractivity contribution is 6.04. The van der Waals surface area contributed by atoms with E-state index in [1.807, 2.05) is 26.0 Å². The van der Waals surface area contributed by atoms with Gasteiger partial charge in [0.2, 0.25) is 0 Å². The number of carbonyl (C=O) groups is 1. The minimum absolute atomic E-state index is 0.160. The second-order valence-corrected chi connectivity index (χ2v) is 4.60. The van der Waals surface area contributed by atoms with Crippen LogP contribution < -0.4 is 16.8 Å². The third-order valence-corrected chi connectivity index (χ3v) is 3.11. The Morgan fingerprint density at radius 1 is 0.947 bits per heavy atom. The van der Waals surface area contributed by atoms with Crippen LogP contribution in [0.4, 0.5) is 17.1 Å². The van der Waals surface area contributed by atoms with E-state index in [-0.39, 0.29) is 5.91 Å². The van der Waals surface area contributed by atoms with Crippen molar-refractivity contribution < 1.29 is 4.79 Å². The van der Waals surface area contributed by atoms with Crippen molar-refractivity contribution in [2.45, 2.75) is 13.8 Å². The van der Waals surface area contributed by atoms with Crippen molar-refractivity contribution in [3.05, 3.63) is 53.1 Å². The monoisotopic (exact) mass is 255 g/mol. The zero-order valence-electron chi connectivity index (χ0n) is 11.0. The van der Waals surface area contributed by atoms with Gasteiger partial charge in [0, 0.05) is 11.3 Å². The molecule has 0 saturated carbocycles. The fourth-order valence-electron chi connectivity index (χ4n) is 1.74. The number of carbonyl (C=O) groups excluding carboxylic acids is 1. The fourth-order valence-corrected chi connectivity index (χ4v) is 1.74. The summed E-state index contributed by atoms with van der Waals surface area (Å²) >= 11 is 0. The second kappa shape index (κ2) is 5.02. The van der Waals surface area contributed by atoms with E-state index in [4.69, 9.17) is 11.5 Å². The Balaban J connectivity index is 2.20. The Bertz CT molecular complexity index is 635. The smallest absolute Gasteiger partial charge is 0.255 e. The first-order chi connectivity index (χ1) is 8.97. The predicted octanol–water partition coefficient (Wildman–Crippen LogP) is 2.72. The highest BCUT2D eigenvalue weighted by atomic mass is 16.1. The van der Waals surface area contributed by atoms with Gasteiger partial charge in [-0.1, -0.05) is 6.07 Å². The number of nitrogens with one attached hydrogen (secondary N) is 1. The first-order valence-corrected chi connectivity index (χ1v) is 6.01. The molecule has 0 saturated heterocycles. The van der Waals surface area contributed by atoms with Gasteiger partial charge in [0.05, 0.1) is 11.4 Å². The highest BCUT2D eigenvalue weighted by Gasteiger charge is 2.07. The van der Waals surface area contributed by atoms with Crippen LogP contribution in [0.5, 0.6) is 0 Å². The van der Waals surface area contributed by atoms with Gasteiger partial charge < -0.3 is 16.8 Å². The molecule has 2 rings (SSSR count). The van der Waals surface area contributed by atoms with Gasteiger partial charge in [-0.2, -0.15) is 0 Å². The molecule has 2 aromatic carbocycles. The van der Waals surface area contributed by atoms with Gasteiger partial charge in [-0.3, -0.25) is 4.79 Å². The summed E-state index contributed by atoms with van der Waals surface area (Å²) in [6.07, 6.45) is 0. The average molecular weight is 255 g/mol. The molecule has 0 fully saturated rings. The van der Waals surface area contributed by atoms with Crippen molar-refractivity contribution in [1.29, 1.82) is 0 Å². The van der Waals surface area contributed by atoms with Crippen LogP contribution in [0, 0.1) is 13.8 Å². The van der Waals surface area contributed by atoms with Gasteiger partial charge in [0.1, 0.15) is 0 Å². The zero-order valence-corrected chi connectivity index (χ0v) is 11.0. The van der Waals surface area contributed by atoms with E-state index in [1.165, 1.54) is 0 Å². The Morgan fingerprint density at radius 2 is 1.68 bits per heavy atom. The number of hydrogen-bond donors (Lipinski definition) is 3. The van der Waals surface area contributed by atoms with E-state index in [2.05, 4.69) is 5.32 Å². The molecule has 0 spiro atoms. The van der Waals surface area contributed by atoms with Gasteiger partial charge in [-0.05, 0) is 55.3 Å². The number of aryl methyl sites for hydroxylation is 2. The number of rotatable bonds is 2. The Labute approximate surface area is 112 Å². The van der Waals surface area contributed by atoms with E-state index in [9.17, 15) is 4.79 Å². The molecule has 2 aromatic rings. The normalized spacial score (nSPS) is 10.2. The molecular weight excluding hydrogens is 238 g/mol. The summed E-state index contributed by atoms with van der Waals surface area (Å²) in [5, 5.41) is 2.80. The Hall–Kier alpha value is -2.49. The number of benzene rings is 2.